The minimum absolute atomic E-state index is 0.227. The van der Waals surface area contributed by atoms with Crippen LogP contribution in [0.2, 0.25) is 0 Å². The van der Waals surface area contributed by atoms with Crippen LogP contribution in [0, 0.1) is 0 Å². The molecule has 0 aliphatic heterocycles. The third-order valence-electron chi connectivity index (χ3n) is 4.29. The van der Waals surface area contributed by atoms with Crippen LogP contribution in [0.15, 0.2) is 17.0 Å². The Morgan fingerprint density at radius 2 is 2.33 bits per heavy atom. The van der Waals surface area contributed by atoms with E-state index in [0.717, 1.165) is 37.1 Å². The normalized spacial score (nSPS) is 19.5. The van der Waals surface area contributed by atoms with Crippen LogP contribution in [0.3, 0.4) is 0 Å². The number of ether oxygens (including phenoxy) is 1. The Balaban J connectivity index is 1.55. The Hall–Kier alpha value is -2.18. The van der Waals surface area contributed by atoms with E-state index in [1.807, 2.05) is 6.20 Å². The van der Waals surface area contributed by atoms with Crippen LogP contribution in [0.25, 0.3) is 0 Å². The molecule has 7 nitrogen and oxygen atoms in total. The van der Waals surface area contributed by atoms with Gasteiger partial charge in [-0.15, -0.1) is 5.10 Å². The maximum atomic E-state index is 11.8. The minimum atomic E-state index is -0.573. The third-order valence-corrected chi connectivity index (χ3v) is 4.29. The van der Waals surface area contributed by atoms with Gasteiger partial charge in [0, 0.05) is 5.92 Å². The summed E-state index contributed by atoms with van der Waals surface area (Å²) in [6.45, 7) is 0.520. The highest BCUT2D eigenvalue weighted by Gasteiger charge is 2.54. The molecule has 0 bridgehead atoms. The van der Waals surface area contributed by atoms with Gasteiger partial charge in [0.1, 0.15) is 16.9 Å². The Morgan fingerprint density at radius 1 is 1.52 bits per heavy atom. The summed E-state index contributed by atoms with van der Waals surface area (Å²) in [6, 6.07) is 0. The number of hydrogen-bond acceptors (Lipinski definition) is 6. The fourth-order valence-corrected chi connectivity index (χ4v) is 2.71. The summed E-state index contributed by atoms with van der Waals surface area (Å²) in [5, 5.41) is 8.26. The number of rotatable bonds is 5. The molecule has 0 aromatic carbocycles. The summed E-state index contributed by atoms with van der Waals surface area (Å²) in [5.74, 6) is 1.24. The first-order chi connectivity index (χ1) is 10.2. The lowest BCUT2D eigenvalue weighted by molar-refractivity contribution is -0.143. The first-order valence-corrected chi connectivity index (χ1v) is 7.14. The van der Waals surface area contributed by atoms with Crippen molar-refractivity contribution < 1.29 is 13.9 Å². The van der Waals surface area contributed by atoms with E-state index in [1.165, 1.54) is 13.5 Å². The lowest BCUT2D eigenvalue weighted by Crippen LogP contribution is -2.22. The Labute approximate surface area is 121 Å². The molecule has 0 N–H and O–H groups in total. The maximum absolute atomic E-state index is 11.8. The van der Waals surface area contributed by atoms with Crippen molar-refractivity contribution in [3.63, 3.8) is 0 Å². The van der Waals surface area contributed by atoms with E-state index in [-0.39, 0.29) is 5.97 Å². The van der Waals surface area contributed by atoms with Gasteiger partial charge in [0.15, 0.2) is 6.39 Å². The SMILES string of the molecule is COC(=O)C1(c2cn(Cc3ncoc3C3CC3)nn2)CC1. The van der Waals surface area contributed by atoms with E-state index < -0.39 is 5.41 Å². The molecule has 2 aromatic heterocycles. The average molecular weight is 288 g/mol. The quantitative estimate of drug-likeness (QED) is 0.773. The molecule has 2 heterocycles. The van der Waals surface area contributed by atoms with Gasteiger partial charge in [-0.1, -0.05) is 5.21 Å². The molecule has 21 heavy (non-hydrogen) atoms. The number of carbonyl (C=O) groups excluding carboxylic acids is 1. The number of carbonyl (C=O) groups is 1. The zero-order valence-corrected chi connectivity index (χ0v) is 11.8. The summed E-state index contributed by atoms with van der Waals surface area (Å²) in [7, 11) is 1.41. The van der Waals surface area contributed by atoms with Crippen molar-refractivity contribution >= 4 is 5.97 Å². The highest BCUT2D eigenvalue weighted by Crippen LogP contribution is 2.48. The molecule has 2 aromatic rings. The molecular weight excluding hydrogens is 272 g/mol. The van der Waals surface area contributed by atoms with Gasteiger partial charge in [-0.3, -0.25) is 4.79 Å². The summed E-state index contributed by atoms with van der Waals surface area (Å²) in [6.07, 6.45) is 7.17. The number of hydrogen-bond donors (Lipinski definition) is 0. The molecule has 2 saturated carbocycles. The summed E-state index contributed by atoms with van der Waals surface area (Å²) >= 11 is 0. The first-order valence-electron chi connectivity index (χ1n) is 7.14. The summed E-state index contributed by atoms with van der Waals surface area (Å²) in [4.78, 5) is 16.1. The lowest BCUT2D eigenvalue weighted by Gasteiger charge is -2.07. The predicted octanol–water partition coefficient (Wildman–Crippen LogP) is 1.40. The highest BCUT2D eigenvalue weighted by molar-refractivity contribution is 5.85. The van der Waals surface area contributed by atoms with Crippen molar-refractivity contribution in [3.8, 4) is 0 Å². The van der Waals surface area contributed by atoms with Crippen molar-refractivity contribution in [2.45, 2.75) is 43.6 Å². The predicted molar refractivity (Wildman–Crippen MR) is 70.5 cm³/mol. The molecule has 7 heteroatoms. The average Bonchev–Trinajstić information content (AvgIpc) is 3.42. The smallest absolute Gasteiger partial charge is 0.318 e. The van der Waals surface area contributed by atoms with Crippen molar-refractivity contribution in [1.29, 1.82) is 0 Å². The van der Waals surface area contributed by atoms with Gasteiger partial charge in [-0.25, -0.2) is 9.67 Å². The van der Waals surface area contributed by atoms with Crippen LogP contribution in [0.4, 0.5) is 0 Å². The van der Waals surface area contributed by atoms with Crippen LogP contribution in [-0.4, -0.2) is 33.1 Å². The molecule has 0 atom stereocenters. The summed E-state index contributed by atoms with van der Waals surface area (Å²) < 4.78 is 12.0. The van der Waals surface area contributed by atoms with Crippen LogP contribution < -0.4 is 0 Å². The topological polar surface area (TPSA) is 83.0 Å². The van der Waals surface area contributed by atoms with Crippen LogP contribution >= 0.6 is 0 Å². The number of nitrogens with zero attached hydrogens (tertiary/aromatic N) is 4. The van der Waals surface area contributed by atoms with Gasteiger partial charge in [0.05, 0.1) is 25.5 Å². The van der Waals surface area contributed by atoms with E-state index in [0.29, 0.717) is 18.2 Å². The molecule has 0 unspecified atom stereocenters. The maximum Gasteiger partial charge on any atom is 0.318 e. The van der Waals surface area contributed by atoms with Gasteiger partial charge in [-0.05, 0) is 25.7 Å². The monoisotopic (exact) mass is 288 g/mol. The molecular formula is C14H16N4O3. The van der Waals surface area contributed by atoms with Gasteiger partial charge < -0.3 is 9.15 Å². The zero-order chi connectivity index (χ0) is 14.4. The fraction of sp³-hybridized carbons (Fsp3) is 0.571. The largest absolute Gasteiger partial charge is 0.468 e. The Morgan fingerprint density at radius 3 is 3.00 bits per heavy atom. The third kappa shape index (κ3) is 2.03. The second-order valence-corrected chi connectivity index (χ2v) is 5.81. The van der Waals surface area contributed by atoms with Gasteiger partial charge in [0.2, 0.25) is 0 Å². The van der Waals surface area contributed by atoms with Crippen molar-refractivity contribution in [2.24, 2.45) is 0 Å². The number of esters is 1. The number of methoxy groups -OCH3 is 1. The number of oxazole rings is 1. The second-order valence-electron chi connectivity index (χ2n) is 5.81. The van der Waals surface area contributed by atoms with Gasteiger partial charge in [-0.2, -0.15) is 0 Å². The van der Waals surface area contributed by atoms with Crippen molar-refractivity contribution in [1.82, 2.24) is 20.0 Å². The molecule has 2 aliphatic carbocycles. The minimum Gasteiger partial charge on any atom is -0.468 e. The molecule has 110 valence electrons. The van der Waals surface area contributed by atoms with Crippen LogP contribution in [0.1, 0.15) is 48.7 Å². The Bertz CT molecular complexity index is 682. The first kappa shape index (κ1) is 12.6. The van der Waals surface area contributed by atoms with Crippen LogP contribution in [-0.2, 0) is 21.5 Å². The highest BCUT2D eigenvalue weighted by atomic mass is 16.5. The van der Waals surface area contributed by atoms with E-state index in [1.54, 1.807) is 4.68 Å². The van der Waals surface area contributed by atoms with Crippen molar-refractivity contribution in [2.75, 3.05) is 7.11 Å². The molecule has 2 fully saturated rings. The molecule has 2 aliphatic rings. The van der Waals surface area contributed by atoms with Gasteiger partial charge >= 0.3 is 5.97 Å². The number of aromatic nitrogens is 4. The standard InChI is InChI=1S/C14H16N4O3/c1-20-13(19)14(4-5-14)11-7-18(17-16-11)6-10-12(9-2-3-9)21-8-15-10/h7-9H,2-6H2,1H3. The lowest BCUT2D eigenvalue weighted by atomic mass is 10.0. The van der Waals surface area contributed by atoms with Gasteiger partial charge in [0.25, 0.3) is 0 Å². The molecule has 0 spiro atoms. The van der Waals surface area contributed by atoms with E-state index in [4.69, 9.17) is 9.15 Å². The second kappa shape index (κ2) is 4.41. The van der Waals surface area contributed by atoms with E-state index in [9.17, 15) is 4.79 Å². The van der Waals surface area contributed by atoms with Crippen molar-refractivity contribution in [3.05, 3.63) is 29.7 Å². The molecule has 0 saturated heterocycles. The molecule has 0 radical (unpaired) electrons. The molecule has 0 amide bonds. The Kier molecular flexibility index (Phi) is 2.63. The molecule has 4 rings (SSSR count). The summed E-state index contributed by atoms with van der Waals surface area (Å²) in [5.41, 5.74) is 1.01. The van der Waals surface area contributed by atoms with E-state index >= 15 is 0 Å². The fourth-order valence-electron chi connectivity index (χ4n) is 2.71. The van der Waals surface area contributed by atoms with E-state index in [2.05, 4.69) is 15.3 Å². The van der Waals surface area contributed by atoms with Crippen LogP contribution in [0.5, 0.6) is 0 Å². The zero-order valence-electron chi connectivity index (χ0n) is 11.8.